The molecule has 1 atom stereocenters. The highest BCUT2D eigenvalue weighted by Crippen LogP contribution is 2.39. The number of hydrogen-bond donors (Lipinski definition) is 1. The molecule has 108 valence electrons. The number of nitrogens with two attached hydrogens (primary N) is 1. The molecule has 0 radical (unpaired) electrons. The zero-order valence-electron chi connectivity index (χ0n) is 12.7. The maximum absolute atomic E-state index is 12.4. The molecule has 2 rings (SSSR count). The molecule has 0 aliphatic heterocycles. The molecule has 3 heteroatoms. The Bertz CT molecular complexity index is 549. The van der Waals surface area contributed by atoms with Crippen molar-refractivity contribution in [1.29, 1.82) is 0 Å². The Hall–Kier alpha value is -1.61. The molecule has 0 saturated carbocycles. The number of Topliss-reactive ketones (excluding diaryl/α,β-unsaturated/α-hetero) is 1. The summed E-state index contributed by atoms with van der Waals surface area (Å²) < 4.78 is 5.56. The number of allylic oxidation sites excluding steroid dienone is 2. The predicted octanol–water partition coefficient (Wildman–Crippen LogP) is 2.91. The molecule has 0 spiro atoms. The number of hydrogen-bond acceptors (Lipinski definition) is 3. The first-order chi connectivity index (χ1) is 9.49. The first kappa shape index (κ1) is 14.8. The zero-order chi connectivity index (χ0) is 14.9. The van der Waals surface area contributed by atoms with E-state index >= 15 is 0 Å². The van der Waals surface area contributed by atoms with Crippen LogP contribution in [0, 0.1) is 26.7 Å². The van der Waals surface area contributed by atoms with Crippen LogP contribution in [0.3, 0.4) is 0 Å². The molecule has 0 amide bonds. The van der Waals surface area contributed by atoms with E-state index < -0.39 is 0 Å². The van der Waals surface area contributed by atoms with Crippen LogP contribution in [0.25, 0.3) is 5.57 Å². The molecule has 1 unspecified atom stereocenters. The van der Waals surface area contributed by atoms with Crippen LogP contribution in [0.5, 0.6) is 0 Å². The van der Waals surface area contributed by atoms with Gasteiger partial charge < -0.3 is 10.5 Å². The van der Waals surface area contributed by atoms with E-state index in [9.17, 15) is 4.79 Å². The van der Waals surface area contributed by atoms with Gasteiger partial charge in [-0.1, -0.05) is 17.7 Å². The van der Waals surface area contributed by atoms with Gasteiger partial charge >= 0.3 is 0 Å². The van der Waals surface area contributed by atoms with Gasteiger partial charge in [-0.05, 0) is 50.4 Å². The lowest BCUT2D eigenvalue weighted by atomic mass is 9.92. The van der Waals surface area contributed by atoms with Gasteiger partial charge in [0, 0.05) is 12.3 Å². The molecule has 0 heterocycles. The van der Waals surface area contributed by atoms with Gasteiger partial charge in [-0.2, -0.15) is 0 Å². The van der Waals surface area contributed by atoms with Crippen LogP contribution in [0.2, 0.25) is 0 Å². The normalized spacial score (nSPS) is 18.9. The van der Waals surface area contributed by atoms with Gasteiger partial charge in [-0.15, -0.1) is 0 Å². The molecule has 2 N–H and O–H groups in total. The highest BCUT2D eigenvalue weighted by molar-refractivity contribution is 6.24. The second kappa shape index (κ2) is 5.80. The van der Waals surface area contributed by atoms with Gasteiger partial charge in [0.25, 0.3) is 0 Å². The van der Waals surface area contributed by atoms with Crippen LogP contribution in [0.4, 0.5) is 0 Å². The van der Waals surface area contributed by atoms with Crippen LogP contribution in [-0.4, -0.2) is 19.4 Å². The number of ether oxygens (including phenoxy) is 1. The Morgan fingerprint density at radius 3 is 2.35 bits per heavy atom. The van der Waals surface area contributed by atoms with Crippen molar-refractivity contribution in [2.75, 3.05) is 13.7 Å². The van der Waals surface area contributed by atoms with E-state index in [-0.39, 0.29) is 11.7 Å². The van der Waals surface area contributed by atoms with Gasteiger partial charge in [-0.3, -0.25) is 4.79 Å². The second-order valence-electron chi connectivity index (χ2n) is 5.62. The molecule has 1 aliphatic rings. The Balaban J connectivity index is 2.59. The number of rotatable bonds is 4. The van der Waals surface area contributed by atoms with Crippen molar-refractivity contribution >= 4 is 11.4 Å². The van der Waals surface area contributed by atoms with Crippen LogP contribution in [0.15, 0.2) is 17.9 Å². The van der Waals surface area contributed by atoms with Crippen molar-refractivity contribution in [1.82, 2.24) is 0 Å². The van der Waals surface area contributed by atoms with Gasteiger partial charge in [-0.25, -0.2) is 0 Å². The Kier molecular flexibility index (Phi) is 4.29. The lowest BCUT2D eigenvalue weighted by Gasteiger charge is -2.15. The van der Waals surface area contributed by atoms with Crippen molar-refractivity contribution in [3.63, 3.8) is 0 Å². The maximum Gasteiger partial charge on any atom is 0.167 e. The SMILES string of the molecule is COC1=C(c2c(C)cc(C)cc2C)C(=O)CC1CCN. The van der Waals surface area contributed by atoms with Crippen molar-refractivity contribution in [3.8, 4) is 0 Å². The molecule has 1 aromatic carbocycles. The fourth-order valence-electron chi connectivity index (χ4n) is 3.30. The molecule has 0 aromatic heterocycles. The van der Waals surface area contributed by atoms with Gasteiger partial charge in [0.05, 0.1) is 12.7 Å². The second-order valence-corrected chi connectivity index (χ2v) is 5.62. The molecule has 20 heavy (non-hydrogen) atoms. The predicted molar refractivity (Wildman–Crippen MR) is 81.4 cm³/mol. The van der Waals surface area contributed by atoms with Crippen molar-refractivity contribution in [2.24, 2.45) is 11.7 Å². The van der Waals surface area contributed by atoms with E-state index in [0.29, 0.717) is 13.0 Å². The molecule has 0 fully saturated rings. The van der Waals surface area contributed by atoms with E-state index in [1.807, 2.05) is 0 Å². The third kappa shape index (κ3) is 2.50. The fraction of sp³-hybridized carbons (Fsp3) is 0.471. The van der Waals surface area contributed by atoms with Crippen molar-refractivity contribution < 1.29 is 9.53 Å². The quantitative estimate of drug-likeness (QED) is 0.917. The number of carbonyl (C=O) groups is 1. The zero-order valence-corrected chi connectivity index (χ0v) is 12.7. The molecular formula is C17H23NO2. The van der Waals surface area contributed by atoms with E-state index in [4.69, 9.17) is 10.5 Å². The summed E-state index contributed by atoms with van der Waals surface area (Å²) in [4.78, 5) is 12.4. The average Bonchev–Trinajstić information content (AvgIpc) is 2.65. The summed E-state index contributed by atoms with van der Waals surface area (Å²) >= 11 is 0. The molecule has 0 saturated heterocycles. The maximum atomic E-state index is 12.4. The first-order valence-electron chi connectivity index (χ1n) is 7.09. The smallest absolute Gasteiger partial charge is 0.167 e. The van der Waals surface area contributed by atoms with E-state index in [2.05, 4.69) is 32.9 Å². The lowest BCUT2D eigenvalue weighted by molar-refractivity contribution is -0.113. The third-order valence-corrected chi connectivity index (χ3v) is 3.99. The minimum absolute atomic E-state index is 0.132. The van der Waals surface area contributed by atoms with E-state index in [1.165, 1.54) is 5.56 Å². The largest absolute Gasteiger partial charge is 0.500 e. The molecular weight excluding hydrogens is 250 g/mol. The van der Waals surface area contributed by atoms with Crippen LogP contribution in [-0.2, 0) is 9.53 Å². The number of ketones is 1. The van der Waals surface area contributed by atoms with Crippen molar-refractivity contribution in [3.05, 3.63) is 40.1 Å². The van der Waals surface area contributed by atoms with Crippen molar-refractivity contribution in [2.45, 2.75) is 33.6 Å². The Labute approximate surface area is 120 Å². The van der Waals surface area contributed by atoms with Crippen LogP contribution >= 0.6 is 0 Å². The van der Waals surface area contributed by atoms with Gasteiger partial charge in [0.1, 0.15) is 5.76 Å². The van der Waals surface area contributed by atoms with E-state index in [1.54, 1.807) is 7.11 Å². The van der Waals surface area contributed by atoms with Gasteiger partial charge in [0.15, 0.2) is 5.78 Å². The monoisotopic (exact) mass is 273 g/mol. The summed E-state index contributed by atoms with van der Waals surface area (Å²) in [5, 5.41) is 0. The number of methoxy groups -OCH3 is 1. The highest BCUT2D eigenvalue weighted by Gasteiger charge is 2.34. The fourth-order valence-corrected chi connectivity index (χ4v) is 3.30. The topological polar surface area (TPSA) is 52.3 Å². The van der Waals surface area contributed by atoms with Crippen LogP contribution < -0.4 is 5.73 Å². The number of aryl methyl sites for hydroxylation is 3. The average molecular weight is 273 g/mol. The minimum atomic E-state index is 0.132. The number of benzene rings is 1. The molecule has 0 bridgehead atoms. The third-order valence-electron chi connectivity index (χ3n) is 3.99. The summed E-state index contributed by atoms with van der Waals surface area (Å²) in [6.07, 6.45) is 1.31. The lowest BCUT2D eigenvalue weighted by Crippen LogP contribution is -2.09. The number of carbonyl (C=O) groups excluding carboxylic acids is 1. The standard InChI is InChI=1S/C17H23NO2/c1-10-7-11(2)15(12(3)8-10)16-14(19)9-13(5-6-18)17(16)20-4/h7-8,13H,5-6,9,18H2,1-4H3. The summed E-state index contributed by atoms with van der Waals surface area (Å²) in [6.45, 7) is 6.76. The first-order valence-corrected chi connectivity index (χ1v) is 7.09. The van der Waals surface area contributed by atoms with Gasteiger partial charge in [0.2, 0.25) is 0 Å². The van der Waals surface area contributed by atoms with Crippen LogP contribution in [0.1, 0.15) is 35.1 Å². The highest BCUT2D eigenvalue weighted by atomic mass is 16.5. The summed E-state index contributed by atoms with van der Waals surface area (Å²) in [6, 6.07) is 4.23. The summed E-state index contributed by atoms with van der Waals surface area (Å²) in [5.41, 5.74) is 10.9. The summed E-state index contributed by atoms with van der Waals surface area (Å²) in [7, 11) is 1.65. The Morgan fingerprint density at radius 1 is 1.25 bits per heavy atom. The molecule has 3 nitrogen and oxygen atoms in total. The minimum Gasteiger partial charge on any atom is -0.500 e. The summed E-state index contributed by atoms with van der Waals surface area (Å²) in [5.74, 6) is 1.12. The molecule has 1 aliphatic carbocycles. The Morgan fingerprint density at radius 2 is 1.85 bits per heavy atom. The molecule has 1 aromatic rings. The van der Waals surface area contributed by atoms with E-state index in [0.717, 1.165) is 34.4 Å².